The molecule has 1 aliphatic heterocycles. The molecule has 0 spiro atoms. The standard InChI is InChI=1S/C18H18N2O3/c1-12(21)19-17-15-5-3-4-6-16(15)20(18(17)22)11-13-7-9-14(23-2)10-8-13/h3-10,17H,11H2,1-2H3,(H,19,21)/t17-/m1/s1. The average molecular weight is 310 g/mol. The summed E-state index contributed by atoms with van der Waals surface area (Å²) in [6, 6.07) is 14.5. The zero-order chi connectivity index (χ0) is 16.4. The lowest BCUT2D eigenvalue weighted by molar-refractivity contribution is -0.126. The number of hydrogen-bond donors (Lipinski definition) is 1. The van der Waals surface area contributed by atoms with E-state index in [1.165, 1.54) is 6.92 Å². The summed E-state index contributed by atoms with van der Waals surface area (Å²) in [6.45, 7) is 1.87. The minimum atomic E-state index is -0.609. The Balaban J connectivity index is 1.89. The number of benzene rings is 2. The number of ether oxygens (including phenoxy) is 1. The van der Waals surface area contributed by atoms with Crippen molar-refractivity contribution in [3.63, 3.8) is 0 Å². The number of carbonyl (C=O) groups is 2. The molecule has 0 saturated carbocycles. The van der Waals surface area contributed by atoms with E-state index in [0.29, 0.717) is 6.54 Å². The number of hydrogen-bond acceptors (Lipinski definition) is 3. The summed E-state index contributed by atoms with van der Waals surface area (Å²) in [5.41, 5.74) is 2.67. The number of nitrogens with one attached hydrogen (secondary N) is 1. The van der Waals surface area contributed by atoms with E-state index in [1.54, 1.807) is 12.0 Å². The minimum absolute atomic E-state index is 0.114. The van der Waals surface area contributed by atoms with Crippen molar-refractivity contribution >= 4 is 17.5 Å². The molecule has 118 valence electrons. The average Bonchev–Trinajstić information content (AvgIpc) is 2.81. The molecule has 2 amide bonds. The van der Waals surface area contributed by atoms with Crippen molar-refractivity contribution in [2.24, 2.45) is 0 Å². The third-order valence-electron chi connectivity index (χ3n) is 3.90. The summed E-state index contributed by atoms with van der Waals surface area (Å²) in [4.78, 5) is 25.8. The number of para-hydroxylation sites is 1. The summed E-state index contributed by atoms with van der Waals surface area (Å²) < 4.78 is 5.15. The number of nitrogens with zero attached hydrogens (tertiary/aromatic N) is 1. The molecule has 0 aliphatic carbocycles. The van der Waals surface area contributed by atoms with E-state index >= 15 is 0 Å². The van der Waals surface area contributed by atoms with Crippen molar-refractivity contribution in [2.75, 3.05) is 12.0 Å². The third kappa shape index (κ3) is 2.90. The molecule has 2 aromatic rings. The minimum Gasteiger partial charge on any atom is -0.497 e. The quantitative estimate of drug-likeness (QED) is 0.943. The Morgan fingerprint density at radius 3 is 2.52 bits per heavy atom. The Labute approximate surface area is 134 Å². The van der Waals surface area contributed by atoms with Gasteiger partial charge in [-0.1, -0.05) is 30.3 Å². The fourth-order valence-corrected chi connectivity index (χ4v) is 2.80. The second kappa shape index (κ2) is 6.12. The first-order valence-electron chi connectivity index (χ1n) is 7.40. The molecule has 0 fully saturated rings. The lowest BCUT2D eigenvalue weighted by atomic mass is 10.1. The molecule has 5 heteroatoms. The highest BCUT2D eigenvalue weighted by Crippen LogP contribution is 2.36. The maximum atomic E-state index is 12.7. The van der Waals surface area contributed by atoms with Gasteiger partial charge in [0.15, 0.2) is 0 Å². The SMILES string of the molecule is COc1ccc(CN2C(=O)[C@H](NC(C)=O)c3ccccc32)cc1. The van der Waals surface area contributed by atoms with Gasteiger partial charge in [-0.2, -0.15) is 0 Å². The molecule has 0 radical (unpaired) electrons. The lowest BCUT2D eigenvalue weighted by Gasteiger charge is -2.18. The maximum Gasteiger partial charge on any atom is 0.254 e. The number of anilines is 1. The van der Waals surface area contributed by atoms with Gasteiger partial charge in [0.1, 0.15) is 11.8 Å². The van der Waals surface area contributed by atoms with Crippen LogP contribution in [0.15, 0.2) is 48.5 Å². The van der Waals surface area contributed by atoms with Crippen molar-refractivity contribution in [3.05, 3.63) is 59.7 Å². The van der Waals surface area contributed by atoms with Crippen LogP contribution in [0.2, 0.25) is 0 Å². The van der Waals surface area contributed by atoms with Crippen LogP contribution >= 0.6 is 0 Å². The predicted octanol–water partition coefficient (Wildman–Crippen LogP) is 2.42. The lowest BCUT2D eigenvalue weighted by Crippen LogP contribution is -2.36. The molecular weight excluding hydrogens is 292 g/mol. The third-order valence-corrected chi connectivity index (χ3v) is 3.90. The molecule has 2 aromatic carbocycles. The number of fused-ring (bicyclic) bond motifs is 1. The van der Waals surface area contributed by atoms with Gasteiger partial charge in [-0.05, 0) is 23.8 Å². The summed E-state index contributed by atoms with van der Waals surface area (Å²) in [6.07, 6.45) is 0. The fourth-order valence-electron chi connectivity index (χ4n) is 2.80. The van der Waals surface area contributed by atoms with Gasteiger partial charge in [0.2, 0.25) is 5.91 Å². The van der Waals surface area contributed by atoms with Crippen LogP contribution in [-0.2, 0) is 16.1 Å². The van der Waals surface area contributed by atoms with Crippen LogP contribution in [0.25, 0.3) is 0 Å². The highest BCUT2D eigenvalue weighted by atomic mass is 16.5. The Bertz CT molecular complexity index is 740. The molecule has 1 atom stereocenters. The molecule has 1 heterocycles. The molecule has 5 nitrogen and oxygen atoms in total. The smallest absolute Gasteiger partial charge is 0.254 e. The van der Waals surface area contributed by atoms with Gasteiger partial charge in [-0.15, -0.1) is 0 Å². The van der Waals surface area contributed by atoms with E-state index in [0.717, 1.165) is 22.6 Å². The van der Waals surface area contributed by atoms with Crippen LogP contribution < -0.4 is 15.0 Å². The first-order chi connectivity index (χ1) is 11.1. The van der Waals surface area contributed by atoms with Crippen molar-refractivity contribution in [3.8, 4) is 5.75 Å². The number of rotatable bonds is 4. The van der Waals surface area contributed by atoms with Gasteiger partial charge in [0, 0.05) is 18.2 Å². The fraction of sp³-hybridized carbons (Fsp3) is 0.222. The normalized spacial score (nSPS) is 16.2. The molecule has 1 aliphatic rings. The van der Waals surface area contributed by atoms with Crippen molar-refractivity contribution < 1.29 is 14.3 Å². The van der Waals surface area contributed by atoms with E-state index in [9.17, 15) is 9.59 Å². The Morgan fingerprint density at radius 1 is 1.17 bits per heavy atom. The van der Waals surface area contributed by atoms with Crippen LogP contribution in [0.1, 0.15) is 24.1 Å². The van der Waals surface area contributed by atoms with Gasteiger partial charge >= 0.3 is 0 Å². The van der Waals surface area contributed by atoms with Crippen LogP contribution in [0.3, 0.4) is 0 Å². The molecule has 0 saturated heterocycles. The monoisotopic (exact) mass is 310 g/mol. The van der Waals surface area contributed by atoms with Crippen molar-refractivity contribution in [1.29, 1.82) is 0 Å². The number of methoxy groups -OCH3 is 1. The highest BCUT2D eigenvalue weighted by molar-refractivity contribution is 6.06. The van der Waals surface area contributed by atoms with Gasteiger partial charge in [0.05, 0.1) is 13.7 Å². The first-order valence-corrected chi connectivity index (χ1v) is 7.40. The molecule has 3 rings (SSSR count). The second-order valence-corrected chi connectivity index (χ2v) is 5.46. The molecule has 23 heavy (non-hydrogen) atoms. The van der Waals surface area contributed by atoms with E-state index in [1.807, 2.05) is 48.5 Å². The maximum absolute atomic E-state index is 12.7. The topological polar surface area (TPSA) is 58.6 Å². The summed E-state index contributed by atoms with van der Waals surface area (Å²) in [5.74, 6) is 0.444. The van der Waals surface area contributed by atoms with Gasteiger partial charge in [0.25, 0.3) is 5.91 Å². The number of carbonyl (C=O) groups excluding carboxylic acids is 2. The summed E-state index contributed by atoms with van der Waals surface area (Å²) in [5, 5.41) is 2.73. The summed E-state index contributed by atoms with van der Waals surface area (Å²) in [7, 11) is 1.62. The van der Waals surface area contributed by atoms with Gasteiger partial charge < -0.3 is 15.0 Å². The Morgan fingerprint density at radius 2 is 1.87 bits per heavy atom. The molecular formula is C18H18N2O3. The first kappa shape index (κ1) is 15.1. The largest absolute Gasteiger partial charge is 0.497 e. The molecule has 0 aromatic heterocycles. The van der Waals surface area contributed by atoms with Crippen LogP contribution in [0, 0.1) is 0 Å². The molecule has 0 bridgehead atoms. The van der Waals surface area contributed by atoms with Gasteiger partial charge in [-0.3, -0.25) is 9.59 Å². The Hall–Kier alpha value is -2.82. The van der Waals surface area contributed by atoms with Gasteiger partial charge in [-0.25, -0.2) is 0 Å². The van der Waals surface area contributed by atoms with E-state index < -0.39 is 6.04 Å². The van der Waals surface area contributed by atoms with Crippen LogP contribution in [0.4, 0.5) is 5.69 Å². The number of amides is 2. The summed E-state index contributed by atoms with van der Waals surface area (Å²) >= 11 is 0. The van der Waals surface area contributed by atoms with Crippen molar-refractivity contribution in [1.82, 2.24) is 5.32 Å². The van der Waals surface area contributed by atoms with Crippen LogP contribution in [-0.4, -0.2) is 18.9 Å². The predicted molar refractivity (Wildman–Crippen MR) is 87.2 cm³/mol. The zero-order valence-corrected chi connectivity index (χ0v) is 13.1. The second-order valence-electron chi connectivity index (χ2n) is 5.46. The van der Waals surface area contributed by atoms with Crippen molar-refractivity contribution in [2.45, 2.75) is 19.5 Å². The van der Waals surface area contributed by atoms with E-state index in [4.69, 9.17) is 4.74 Å². The molecule has 1 N–H and O–H groups in total. The highest BCUT2D eigenvalue weighted by Gasteiger charge is 2.37. The van der Waals surface area contributed by atoms with E-state index in [2.05, 4.69) is 5.32 Å². The molecule has 0 unspecified atom stereocenters. The Kier molecular flexibility index (Phi) is 4.02. The van der Waals surface area contributed by atoms with Crippen LogP contribution in [0.5, 0.6) is 5.75 Å². The van der Waals surface area contributed by atoms with E-state index in [-0.39, 0.29) is 11.8 Å². The zero-order valence-electron chi connectivity index (χ0n) is 13.1.